The highest BCUT2D eigenvalue weighted by atomic mass is 19.1. The molecule has 3 nitrogen and oxygen atoms in total. The van der Waals surface area contributed by atoms with E-state index in [0.717, 1.165) is 24.2 Å². The number of nitrogen functional groups attached to an aromatic ring is 1. The zero-order chi connectivity index (χ0) is 18.1. The summed E-state index contributed by atoms with van der Waals surface area (Å²) in [4.78, 5) is 0. The molecule has 0 amide bonds. The van der Waals surface area contributed by atoms with Crippen molar-refractivity contribution in [2.75, 3.05) is 12.8 Å². The van der Waals surface area contributed by atoms with Crippen molar-refractivity contribution in [1.82, 2.24) is 0 Å². The highest BCUT2D eigenvalue weighted by molar-refractivity contribution is 5.57. The van der Waals surface area contributed by atoms with E-state index in [-0.39, 0.29) is 5.82 Å². The summed E-state index contributed by atoms with van der Waals surface area (Å²) in [6.45, 7) is 0. The first-order valence-corrected chi connectivity index (χ1v) is 8.61. The van der Waals surface area contributed by atoms with E-state index in [0.29, 0.717) is 23.1 Å². The molecule has 0 radical (unpaired) electrons. The van der Waals surface area contributed by atoms with Crippen LogP contribution in [0.4, 0.5) is 10.1 Å². The van der Waals surface area contributed by atoms with Crippen LogP contribution >= 0.6 is 0 Å². The largest absolute Gasteiger partial charge is 0.497 e. The highest BCUT2D eigenvalue weighted by Gasteiger charge is 2.23. The van der Waals surface area contributed by atoms with Crippen LogP contribution < -0.4 is 15.2 Å². The maximum atomic E-state index is 13.5. The maximum absolute atomic E-state index is 13.5. The lowest BCUT2D eigenvalue weighted by atomic mass is 9.96. The van der Waals surface area contributed by atoms with Crippen molar-refractivity contribution < 1.29 is 13.9 Å². The zero-order valence-corrected chi connectivity index (χ0v) is 14.5. The molecule has 0 saturated heterocycles. The van der Waals surface area contributed by atoms with E-state index in [1.165, 1.54) is 17.2 Å². The summed E-state index contributed by atoms with van der Waals surface area (Å²) in [5.74, 6) is 2.17. The first-order valence-electron chi connectivity index (χ1n) is 8.61. The van der Waals surface area contributed by atoms with Crippen LogP contribution in [0.3, 0.4) is 0 Å². The van der Waals surface area contributed by atoms with E-state index < -0.39 is 0 Å². The van der Waals surface area contributed by atoms with Crippen LogP contribution in [0.1, 0.15) is 22.6 Å². The van der Waals surface area contributed by atoms with Crippen molar-refractivity contribution in [3.63, 3.8) is 0 Å². The lowest BCUT2D eigenvalue weighted by Gasteiger charge is -2.11. The molecule has 1 aliphatic carbocycles. The Balaban J connectivity index is 1.54. The van der Waals surface area contributed by atoms with Crippen molar-refractivity contribution in [2.45, 2.75) is 18.8 Å². The molecule has 3 aromatic carbocycles. The lowest BCUT2D eigenvalue weighted by Crippen LogP contribution is -1.98. The van der Waals surface area contributed by atoms with Crippen LogP contribution in [-0.2, 0) is 12.8 Å². The SMILES string of the molecule is COc1ccc(Oc2ccc3c(c2)CC(c2cccc(F)c2)C3)c(N)c1. The molecule has 4 heteroatoms. The van der Waals surface area contributed by atoms with Crippen LogP contribution in [0.25, 0.3) is 0 Å². The van der Waals surface area contributed by atoms with Gasteiger partial charge in [-0.3, -0.25) is 0 Å². The Kier molecular flexibility index (Phi) is 4.25. The third-order valence-electron chi connectivity index (χ3n) is 4.88. The van der Waals surface area contributed by atoms with Gasteiger partial charge >= 0.3 is 0 Å². The fourth-order valence-electron chi connectivity index (χ4n) is 3.53. The Morgan fingerprint density at radius 2 is 1.73 bits per heavy atom. The predicted octanol–water partition coefficient (Wildman–Crippen LogP) is 5.09. The Morgan fingerprint density at radius 3 is 2.50 bits per heavy atom. The Morgan fingerprint density at radius 1 is 0.923 bits per heavy atom. The first-order chi connectivity index (χ1) is 12.6. The summed E-state index contributed by atoms with van der Waals surface area (Å²) < 4.78 is 24.6. The van der Waals surface area contributed by atoms with Crippen molar-refractivity contribution in [1.29, 1.82) is 0 Å². The van der Waals surface area contributed by atoms with E-state index >= 15 is 0 Å². The van der Waals surface area contributed by atoms with Crippen LogP contribution in [0.5, 0.6) is 17.2 Å². The van der Waals surface area contributed by atoms with Crippen LogP contribution in [-0.4, -0.2) is 7.11 Å². The molecular formula is C22H20FNO2. The van der Waals surface area contributed by atoms with E-state index in [1.54, 1.807) is 31.4 Å². The van der Waals surface area contributed by atoms with Gasteiger partial charge in [-0.2, -0.15) is 0 Å². The number of anilines is 1. The lowest BCUT2D eigenvalue weighted by molar-refractivity contribution is 0.413. The molecule has 4 rings (SSSR count). The minimum atomic E-state index is -0.183. The molecule has 0 heterocycles. The number of hydrogen-bond donors (Lipinski definition) is 1. The molecule has 0 fully saturated rings. The Bertz CT molecular complexity index is 955. The van der Waals surface area contributed by atoms with Gasteiger partial charge in [-0.15, -0.1) is 0 Å². The standard InChI is InChI=1S/C22H20FNO2/c1-25-19-7-8-22(21(24)13-19)26-20-6-5-15-9-16(10-17(15)12-20)14-3-2-4-18(23)11-14/h2-8,11-13,16H,9-10,24H2,1H3. The molecule has 0 saturated carbocycles. The van der Waals surface area contributed by atoms with Gasteiger partial charge in [0.1, 0.15) is 17.3 Å². The Hall–Kier alpha value is -3.01. The minimum Gasteiger partial charge on any atom is -0.497 e. The van der Waals surface area contributed by atoms with Crippen LogP contribution in [0.15, 0.2) is 60.7 Å². The molecule has 0 aliphatic heterocycles. The summed E-state index contributed by atoms with van der Waals surface area (Å²) in [5.41, 5.74) is 10.1. The normalized spacial score (nSPS) is 15.5. The van der Waals surface area contributed by atoms with Crippen molar-refractivity contribution in [2.24, 2.45) is 0 Å². The molecule has 2 N–H and O–H groups in total. The number of ether oxygens (including phenoxy) is 2. The molecule has 0 bridgehead atoms. The zero-order valence-electron chi connectivity index (χ0n) is 14.5. The van der Waals surface area contributed by atoms with Crippen molar-refractivity contribution >= 4 is 5.69 Å². The fraction of sp³-hybridized carbons (Fsp3) is 0.182. The number of rotatable bonds is 4. The molecule has 26 heavy (non-hydrogen) atoms. The number of methoxy groups -OCH3 is 1. The second-order valence-corrected chi connectivity index (χ2v) is 6.60. The van der Waals surface area contributed by atoms with Gasteiger partial charge in [0.15, 0.2) is 5.75 Å². The molecule has 0 spiro atoms. The summed E-state index contributed by atoms with van der Waals surface area (Å²) in [6.07, 6.45) is 1.80. The van der Waals surface area contributed by atoms with Gasteiger partial charge in [-0.05, 0) is 71.8 Å². The smallest absolute Gasteiger partial charge is 0.150 e. The summed E-state index contributed by atoms with van der Waals surface area (Å²) in [5, 5.41) is 0. The Labute approximate surface area is 152 Å². The quantitative estimate of drug-likeness (QED) is 0.667. The number of benzene rings is 3. The summed E-state index contributed by atoms with van der Waals surface area (Å²) >= 11 is 0. The maximum Gasteiger partial charge on any atom is 0.150 e. The third-order valence-corrected chi connectivity index (χ3v) is 4.88. The summed E-state index contributed by atoms with van der Waals surface area (Å²) in [6, 6.07) is 18.3. The first kappa shape index (κ1) is 16.5. The molecular weight excluding hydrogens is 329 g/mol. The molecule has 132 valence electrons. The molecule has 1 unspecified atom stereocenters. The number of nitrogens with two attached hydrogens (primary N) is 1. The van der Waals surface area contributed by atoms with Crippen molar-refractivity contribution in [3.05, 3.63) is 83.2 Å². The average molecular weight is 349 g/mol. The second-order valence-electron chi connectivity index (χ2n) is 6.60. The van der Waals surface area contributed by atoms with Crippen LogP contribution in [0, 0.1) is 5.82 Å². The molecule has 3 aromatic rings. The van der Waals surface area contributed by atoms with E-state index in [4.69, 9.17) is 15.2 Å². The highest BCUT2D eigenvalue weighted by Crippen LogP contribution is 2.37. The number of hydrogen-bond acceptors (Lipinski definition) is 3. The second kappa shape index (κ2) is 6.71. The third kappa shape index (κ3) is 3.23. The molecule has 0 aromatic heterocycles. The van der Waals surface area contributed by atoms with E-state index in [1.807, 2.05) is 18.2 Å². The molecule has 1 aliphatic rings. The van der Waals surface area contributed by atoms with Gasteiger partial charge in [-0.25, -0.2) is 4.39 Å². The summed E-state index contributed by atoms with van der Waals surface area (Å²) in [7, 11) is 1.60. The number of halogens is 1. The van der Waals surface area contributed by atoms with Gasteiger partial charge in [-0.1, -0.05) is 18.2 Å². The fourth-order valence-corrected chi connectivity index (χ4v) is 3.53. The van der Waals surface area contributed by atoms with Gasteiger partial charge in [0.05, 0.1) is 12.8 Å². The topological polar surface area (TPSA) is 44.5 Å². The van der Waals surface area contributed by atoms with Gasteiger partial charge < -0.3 is 15.2 Å². The van der Waals surface area contributed by atoms with E-state index in [2.05, 4.69) is 12.1 Å². The van der Waals surface area contributed by atoms with Crippen molar-refractivity contribution in [3.8, 4) is 17.2 Å². The minimum absolute atomic E-state index is 0.183. The van der Waals surface area contributed by atoms with Crippen LogP contribution in [0.2, 0.25) is 0 Å². The van der Waals surface area contributed by atoms with E-state index in [9.17, 15) is 4.39 Å². The predicted molar refractivity (Wildman–Crippen MR) is 100 cm³/mol. The monoisotopic (exact) mass is 349 g/mol. The van der Waals surface area contributed by atoms with Gasteiger partial charge in [0.2, 0.25) is 0 Å². The number of fused-ring (bicyclic) bond motifs is 1. The van der Waals surface area contributed by atoms with Gasteiger partial charge in [0, 0.05) is 6.07 Å². The average Bonchev–Trinajstić information content (AvgIpc) is 3.07. The molecule has 1 atom stereocenters. The van der Waals surface area contributed by atoms with Gasteiger partial charge in [0.25, 0.3) is 0 Å².